The van der Waals surface area contributed by atoms with Gasteiger partial charge in [0, 0.05) is 18.7 Å². The molecule has 0 unspecified atom stereocenters. The van der Waals surface area contributed by atoms with E-state index in [1.807, 2.05) is 0 Å². The Morgan fingerprint density at radius 3 is 2.35 bits per heavy atom. The van der Waals surface area contributed by atoms with Gasteiger partial charge in [-0.2, -0.15) is 0 Å². The highest BCUT2D eigenvalue weighted by molar-refractivity contribution is 6.12. The van der Waals surface area contributed by atoms with E-state index < -0.39 is 0 Å². The van der Waals surface area contributed by atoms with Crippen molar-refractivity contribution in [1.82, 2.24) is 4.90 Å². The van der Waals surface area contributed by atoms with Crippen molar-refractivity contribution in [3.8, 4) is 0 Å². The highest BCUT2D eigenvalue weighted by Gasteiger charge is 2.21. The Morgan fingerprint density at radius 1 is 1.00 bits per heavy atom. The zero-order chi connectivity index (χ0) is 16.5. The molecule has 1 aliphatic heterocycles. The van der Waals surface area contributed by atoms with Crippen molar-refractivity contribution < 1.29 is 18.8 Å². The van der Waals surface area contributed by atoms with Crippen LogP contribution in [-0.4, -0.2) is 36.1 Å². The quantitative estimate of drug-likeness (QED) is 0.304. The Bertz CT molecular complexity index is 578. The van der Waals surface area contributed by atoms with E-state index in [0.29, 0.717) is 13.2 Å². The molecule has 122 valence electrons. The summed E-state index contributed by atoms with van der Waals surface area (Å²) in [5, 5.41) is 3.82. The molecule has 0 atom stereocenters. The lowest BCUT2D eigenvalue weighted by atomic mass is 10.2. The number of benzene rings is 1. The Kier molecular flexibility index (Phi) is 6.47. The molecule has 1 aromatic carbocycles. The fraction of sp³-hybridized carbons (Fsp3) is 0.353. The minimum absolute atomic E-state index is 0.228. The first-order valence-corrected chi connectivity index (χ1v) is 7.61. The topological polar surface area (TPSA) is 59.0 Å². The Labute approximate surface area is 134 Å². The van der Waals surface area contributed by atoms with E-state index in [9.17, 15) is 14.0 Å². The van der Waals surface area contributed by atoms with Gasteiger partial charge >= 0.3 is 0 Å². The van der Waals surface area contributed by atoms with Gasteiger partial charge in [-0.05, 0) is 37.0 Å². The second-order valence-electron chi connectivity index (χ2n) is 5.19. The monoisotopic (exact) mass is 318 g/mol. The molecular formula is C17H19FN2O3. The zero-order valence-electron chi connectivity index (χ0n) is 12.8. The lowest BCUT2D eigenvalue weighted by Gasteiger charge is -2.12. The molecule has 0 saturated heterocycles. The second-order valence-corrected chi connectivity index (χ2v) is 5.19. The minimum Gasteiger partial charge on any atom is -0.396 e. The van der Waals surface area contributed by atoms with Crippen LogP contribution >= 0.6 is 0 Å². The number of halogens is 1. The summed E-state index contributed by atoms with van der Waals surface area (Å²) in [6, 6.07) is 5.98. The third kappa shape index (κ3) is 5.65. The van der Waals surface area contributed by atoms with Gasteiger partial charge in [-0.25, -0.2) is 4.39 Å². The summed E-state index contributed by atoms with van der Waals surface area (Å²) >= 11 is 0. The highest BCUT2D eigenvalue weighted by atomic mass is 19.1. The molecule has 0 N–H and O–H groups in total. The van der Waals surface area contributed by atoms with Crippen molar-refractivity contribution in [1.29, 1.82) is 0 Å². The zero-order valence-corrected chi connectivity index (χ0v) is 12.8. The molecule has 0 bridgehead atoms. The number of oxime groups is 1. The molecule has 0 aromatic heterocycles. The number of nitrogens with zero attached hydrogens (tertiary/aromatic N) is 2. The predicted octanol–water partition coefficient (Wildman–Crippen LogP) is 2.66. The van der Waals surface area contributed by atoms with E-state index >= 15 is 0 Å². The summed E-state index contributed by atoms with van der Waals surface area (Å²) in [6.45, 7) is 0.967. The molecular weight excluding hydrogens is 299 g/mol. The van der Waals surface area contributed by atoms with Gasteiger partial charge in [-0.3, -0.25) is 14.5 Å². The van der Waals surface area contributed by atoms with Gasteiger partial charge in [0.2, 0.25) is 0 Å². The van der Waals surface area contributed by atoms with Crippen LogP contribution < -0.4 is 0 Å². The number of rotatable bonds is 9. The van der Waals surface area contributed by atoms with Crippen LogP contribution in [0.3, 0.4) is 0 Å². The number of hydrogen-bond acceptors (Lipinski definition) is 4. The van der Waals surface area contributed by atoms with Crippen LogP contribution in [0.1, 0.15) is 31.2 Å². The Morgan fingerprint density at radius 2 is 1.65 bits per heavy atom. The van der Waals surface area contributed by atoms with E-state index in [4.69, 9.17) is 4.84 Å². The second kappa shape index (κ2) is 8.82. The maximum atomic E-state index is 12.7. The van der Waals surface area contributed by atoms with Crippen molar-refractivity contribution >= 4 is 18.0 Å². The highest BCUT2D eigenvalue weighted by Crippen LogP contribution is 2.07. The van der Waals surface area contributed by atoms with Crippen LogP contribution in [0.2, 0.25) is 0 Å². The molecule has 6 heteroatoms. The molecule has 23 heavy (non-hydrogen) atoms. The number of hydrogen-bond donors (Lipinski definition) is 0. The average Bonchev–Trinajstić information content (AvgIpc) is 2.86. The molecule has 0 fully saturated rings. The maximum absolute atomic E-state index is 12.7. The van der Waals surface area contributed by atoms with Gasteiger partial charge in [-0.1, -0.05) is 23.7 Å². The van der Waals surface area contributed by atoms with Crippen molar-refractivity contribution in [2.75, 3.05) is 13.2 Å². The summed E-state index contributed by atoms with van der Waals surface area (Å²) < 4.78 is 12.7. The van der Waals surface area contributed by atoms with E-state index in [1.165, 1.54) is 35.4 Å². The summed E-state index contributed by atoms with van der Waals surface area (Å²) in [6.07, 6.45) is 7.64. The summed E-state index contributed by atoms with van der Waals surface area (Å²) in [5.74, 6) is -0.738. The third-order valence-electron chi connectivity index (χ3n) is 3.41. The van der Waals surface area contributed by atoms with Gasteiger partial charge in [0.25, 0.3) is 11.8 Å². The van der Waals surface area contributed by atoms with E-state index in [-0.39, 0.29) is 17.6 Å². The Hall–Kier alpha value is -2.50. The molecule has 0 aliphatic carbocycles. The summed E-state index contributed by atoms with van der Waals surface area (Å²) in [5.41, 5.74) is 0.778. The minimum atomic E-state index is -0.281. The molecule has 5 nitrogen and oxygen atoms in total. The predicted molar refractivity (Wildman–Crippen MR) is 84.3 cm³/mol. The Balaban J connectivity index is 1.49. The fourth-order valence-electron chi connectivity index (χ4n) is 2.14. The van der Waals surface area contributed by atoms with Crippen LogP contribution in [0.4, 0.5) is 4.39 Å². The normalized spacial score (nSPS) is 14.2. The molecule has 1 aromatic rings. The van der Waals surface area contributed by atoms with Gasteiger partial charge in [-0.15, -0.1) is 0 Å². The van der Waals surface area contributed by atoms with E-state index in [1.54, 1.807) is 12.1 Å². The standard InChI is InChI=1S/C17H19FN2O3/c18-15-7-5-14(6-8-15)13-19-23-12-4-2-1-3-11-20-16(21)9-10-17(20)22/h5-10,13H,1-4,11-12H2. The first-order valence-electron chi connectivity index (χ1n) is 7.61. The van der Waals surface area contributed by atoms with Crippen molar-refractivity contribution in [3.05, 3.63) is 47.8 Å². The van der Waals surface area contributed by atoms with Crippen LogP contribution in [0, 0.1) is 5.82 Å². The molecule has 1 heterocycles. The van der Waals surface area contributed by atoms with Crippen LogP contribution in [0.25, 0.3) is 0 Å². The van der Waals surface area contributed by atoms with Crippen molar-refractivity contribution in [3.63, 3.8) is 0 Å². The molecule has 0 radical (unpaired) electrons. The van der Waals surface area contributed by atoms with Gasteiger partial charge in [0.15, 0.2) is 0 Å². The van der Waals surface area contributed by atoms with Crippen molar-refractivity contribution in [2.24, 2.45) is 5.16 Å². The first kappa shape index (κ1) is 16.9. The summed E-state index contributed by atoms with van der Waals surface area (Å²) in [4.78, 5) is 29.0. The smallest absolute Gasteiger partial charge is 0.253 e. The molecule has 2 rings (SSSR count). The lowest BCUT2D eigenvalue weighted by Crippen LogP contribution is -2.30. The largest absolute Gasteiger partial charge is 0.396 e. The fourth-order valence-corrected chi connectivity index (χ4v) is 2.14. The van der Waals surface area contributed by atoms with Gasteiger partial charge in [0.1, 0.15) is 12.4 Å². The SMILES string of the molecule is O=C1C=CC(=O)N1CCCCCCON=Cc1ccc(F)cc1. The molecule has 0 saturated carbocycles. The first-order chi connectivity index (χ1) is 11.2. The third-order valence-corrected chi connectivity index (χ3v) is 3.41. The van der Waals surface area contributed by atoms with Crippen LogP contribution in [0.5, 0.6) is 0 Å². The average molecular weight is 318 g/mol. The van der Waals surface area contributed by atoms with Crippen LogP contribution in [-0.2, 0) is 14.4 Å². The van der Waals surface area contributed by atoms with Gasteiger partial charge in [0.05, 0.1) is 6.21 Å². The number of unbranched alkanes of at least 4 members (excludes halogenated alkanes) is 3. The molecule has 2 amide bonds. The summed E-state index contributed by atoms with van der Waals surface area (Å²) in [7, 11) is 0. The van der Waals surface area contributed by atoms with E-state index in [2.05, 4.69) is 5.16 Å². The number of amides is 2. The van der Waals surface area contributed by atoms with Crippen LogP contribution in [0.15, 0.2) is 41.6 Å². The number of carbonyl (C=O) groups is 2. The molecule has 0 spiro atoms. The number of carbonyl (C=O) groups excluding carboxylic acids is 2. The number of imide groups is 1. The van der Waals surface area contributed by atoms with E-state index in [0.717, 1.165) is 31.2 Å². The van der Waals surface area contributed by atoms with Crippen molar-refractivity contribution in [2.45, 2.75) is 25.7 Å². The molecule has 1 aliphatic rings. The maximum Gasteiger partial charge on any atom is 0.253 e. The van der Waals surface area contributed by atoms with Gasteiger partial charge < -0.3 is 4.84 Å². The lowest BCUT2D eigenvalue weighted by molar-refractivity contribution is -0.136.